The van der Waals surface area contributed by atoms with Gasteiger partial charge in [-0.2, -0.15) is 0 Å². The normalized spacial score (nSPS) is 13.1. The fourth-order valence-electron chi connectivity index (χ4n) is 11.0. The maximum absolute atomic E-state index is 12.5. The van der Waals surface area contributed by atoms with Gasteiger partial charge in [0.25, 0.3) is 0 Å². The van der Waals surface area contributed by atoms with Crippen molar-refractivity contribution in [2.24, 2.45) is 0 Å². The zero-order valence-corrected chi connectivity index (χ0v) is 46.5. The van der Waals surface area contributed by atoms with Gasteiger partial charge in [0.1, 0.15) is 0 Å². The van der Waals surface area contributed by atoms with Gasteiger partial charge in [0, 0.05) is 22.3 Å². The lowest BCUT2D eigenvalue weighted by Gasteiger charge is -2.13. The summed E-state index contributed by atoms with van der Waals surface area (Å²) in [6.07, 6.45) is 65.4. The highest BCUT2D eigenvalue weighted by molar-refractivity contribution is 5.83. The van der Waals surface area contributed by atoms with Gasteiger partial charge in [-0.25, -0.2) is 4.70 Å². The van der Waals surface area contributed by atoms with E-state index in [1.807, 2.05) is 0 Å². The number of hydrogen-bond acceptors (Lipinski definition) is 0. The zero-order valence-electron chi connectivity index (χ0n) is 46.5. The van der Waals surface area contributed by atoms with Crippen LogP contribution in [0.1, 0.15) is 326 Å². The first kappa shape index (κ1) is 60.6. The molecule has 0 fully saturated rings. The quantitative estimate of drug-likeness (QED) is 0.0359. The molecule has 0 N–H and O–H groups in total. The monoisotopic (exact) mass is 945 g/mol. The van der Waals surface area contributed by atoms with Crippen molar-refractivity contribution in [1.29, 1.82) is 0 Å². The van der Waals surface area contributed by atoms with E-state index in [0.717, 1.165) is 56.3 Å². The van der Waals surface area contributed by atoms with Crippen LogP contribution in [0.5, 0.6) is 0 Å². The third kappa shape index (κ3) is 27.6. The molecule has 0 aromatic heterocycles. The van der Waals surface area contributed by atoms with Gasteiger partial charge in [-0.3, -0.25) is 0 Å². The molecule has 2 aromatic carbocycles. The molecule has 0 unspecified atom stereocenters. The summed E-state index contributed by atoms with van der Waals surface area (Å²) in [5.41, 5.74) is 22.5. The van der Waals surface area contributed by atoms with E-state index in [1.54, 1.807) is 4.70 Å². The van der Waals surface area contributed by atoms with Gasteiger partial charge in [0.2, 0.25) is 11.4 Å². The van der Waals surface area contributed by atoms with E-state index in [-0.39, 0.29) is 0 Å². The maximum atomic E-state index is 12.5. The number of rotatable bonds is 48. The van der Waals surface area contributed by atoms with E-state index >= 15 is 0 Å². The molecule has 0 aliphatic carbocycles. The number of aryl methyl sites for hydroxylation is 2. The molecule has 0 radical (unpaired) electrons. The standard InChI is InChI=1S/C67H112N2/c1-5-9-13-15-17-19-21-23-25-26-27-28-29-30-31-32-33-35-36-38-40-42-44-46-53-61-54-48-49-57-63(61)67-65(58-47-45-43-41-39-37-34-24-22-20-18-16-14-10-6-2)64(56-12-8-4)66(69(67)68)62-55-50-52-60(59-62)51-11-7-3/h42,44,48-50,52,54-55,57,59H,5-41,43,45-47,51,53,56,58H2,1-4H3. The van der Waals surface area contributed by atoms with Crippen LogP contribution in [0.25, 0.3) is 16.9 Å². The Hall–Kier alpha value is -2.74. The van der Waals surface area contributed by atoms with Crippen LogP contribution in [-0.2, 0) is 12.8 Å². The summed E-state index contributed by atoms with van der Waals surface area (Å²) in [5.74, 6) is 0. The molecule has 0 amide bonds. The van der Waals surface area contributed by atoms with Crippen LogP contribution in [0.15, 0.2) is 71.8 Å². The maximum Gasteiger partial charge on any atom is 0.211 e. The second-order valence-electron chi connectivity index (χ2n) is 21.7. The second kappa shape index (κ2) is 42.9. The number of unbranched alkanes of at least 4 members (excludes halogenated alkanes) is 36. The Bertz CT molecular complexity index is 1640. The largest absolute Gasteiger partial charge is 0.493 e. The Morgan fingerprint density at radius 3 is 1.23 bits per heavy atom. The van der Waals surface area contributed by atoms with Crippen LogP contribution in [0, 0.1) is 0 Å². The molecule has 0 saturated heterocycles. The predicted molar refractivity (Wildman–Crippen MR) is 308 cm³/mol. The highest BCUT2D eigenvalue weighted by Crippen LogP contribution is 2.45. The molecule has 0 bridgehead atoms. The molecule has 2 aromatic rings. The Balaban J connectivity index is 1.46. The molecule has 2 heteroatoms. The first-order valence-electron chi connectivity index (χ1n) is 30.9. The van der Waals surface area contributed by atoms with Crippen LogP contribution < -0.4 is 0 Å². The predicted octanol–water partition coefficient (Wildman–Crippen LogP) is 23.4. The summed E-state index contributed by atoms with van der Waals surface area (Å²) in [4.78, 5) is 0. The molecule has 0 spiro atoms. The topological polar surface area (TPSA) is 25.3 Å². The minimum atomic E-state index is 1.00. The van der Waals surface area contributed by atoms with Crippen molar-refractivity contribution in [3.8, 4) is 0 Å². The summed E-state index contributed by atoms with van der Waals surface area (Å²) in [7, 11) is 0. The summed E-state index contributed by atoms with van der Waals surface area (Å²) in [6.45, 7) is 9.20. The van der Waals surface area contributed by atoms with E-state index in [4.69, 9.17) is 0 Å². The summed E-state index contributed by atoms with van der Waals surface area (Å²) >= 11 is 0. The highest BCUT2D eigenvalue weighted by atomic mass is 15.2. The fourth-order valence-corrected chi connectivity index (χ4v) is 11.0. The van der Waals surface area contributed by atoms with Gasteiger partial charge >= 0.3 is 0 Å². The number of benzene rings is 2. The van der Waals surface area contributed by atoms with Crippen LogP contribution in [0.3, 0.4) is 0 Å². The van der Waals surface area contributed by atoms with E-state index in [2.05, 4.69) is 88.4 Å². The zero-order chi connectivity index (χ0) is 49.1. The molecule has 390 valence electrons. The molecule has 0 saturated carbocycles. The average molecular weight is 946 g/mol. The highest BCUT2D eigenvalue weighted by Gasteiger charge is 2.36. The number of hydrogen-bond donors (Lipinski definition) is 0. The molecule has 69 heavy (non-hydrogen) atoms. The third-order valence-corrected chi connectivity index (χ3v) is 15.4. The Labute approximate surface area is 430 Å². The SMILES string of the molecule is CCCCCCCCCCCCCCCCCCCCCCC=CCCc1ccccc1C1=C(CCCCCCCCCCCCCCCCC)C(CCCC)=C(c2cccc(CCCC)c2)[N+]1=[N-]. The minimum Gasteiger partial charge on any atom is -0.493 e. The summed E-state index contributed by atoms with van der Waals surface area (Å²) in [5, 5.41) is 0. The van der Waals surface area contributed by atoms with Gasteiger partial charge in [-0.1, -0.05) is 295 Å². The molecule has 3 rings (SSSR count). The summed E-state index contributed by atoms with van der Waals surface area (Å²) < 4.78 is 1.64. The lowest BCUT2D eigenvalue weighted by molar-refractivity contribution is -0.345. The fraction of sp³-hybridized carbons (Fsp3) is 0.731. The van der Waals surface area contributed by atoms with Gasteiger partial charge in [0.05, 0.1) is 0 Å². The van der Waals surface area contributed by atoms with Crippen LogP contribution in [0.4, 0.5) is 0 Å². The third-order valence-electron chi connectivity index (χ3n) is 15.4. The molecule has 2 nitrogen and oxygen atoms in total. The van der Waals surface area contributed by atoms with E-state index in [9.17, 15) is 5.53 Å². The average Bonchev–Trinajstić information content (AvgIpc) is 3.64. The van der Waals surface area contributed by atoms with Gasteiger partial charge in [0.15, 0.2) is 0 Å². The van der Waals surface area contributed by atoms with Crippen molar-refractivity contribution in [1.82, 2.24) is 0 Å². The van der Waals surface area contributed by atoms with Crippen LogP contribution in [0.2, 0.25) is 0 Å². The molecule has 1 aliphatic rings. The van der Waals surface area contributed by atoms with Crippen molar-refractivity contribution >= 4 is 11.4 Å². The van der Waals surface area contributed by atoms with E-state index in [0.29, 0.717) is 0 Å². The Morgan fingerprint density at radius 2 is 0.739 bits per heavy atom. The molecule has 0 atom stereocenters. The van der Waals surface area contributed by atoms with Crippen molar-refractivity contribution < 1.29 is 4.70 Å². The molecule has 1 heterocycles. The Morgan fingerprint density at radius 1 is 0.348 bits per heavy atom. The van der Waals surface area contributed by atoms with Crippen molar-refractivity contribution in [2.75, 3.05) is 0 Å². The lowest BCUT2D eigenvalue weighted by atomic mass is 9.90. The van der Waals surface area contributed by atoms with Gasteiger partial charge < -0.3 is 5.53 Å². The molecule has 1 aliphatic heterocycles. The number of allylic oxidation sites excluding steroid dienone is 4. The Kier molecular flexibility index (Phi) is 37.7. The van der Waals surface area contributed by atoms with Crippen molar-refractivity contribution in [3.05, 3.63) is 99.6 Å². The lowest BCUT2D eigenvalue weighted by Crippen LogP contribution is -2.05. The summed E-state index contributed by atoms with van der Waals surface area (Å²) in [6, 6.07) is 18.1. The van der Waals surface area contributed by atoms with Crippen molar-refractivity contribution in [2.45, 2.75) is 317 Å². The number of nitrogens with zero attached hydrogens (tertiary/aromatic N) is 2. The van der Waals surface area contributed by atoms with Crippen LogP contribution in [-0.4, -0.2) is 4.70 Å². The van der Waals surface area contributed by atoms with E-state index < -0.39 is 0 Å². The second-order valence-corrected chi connectivity index (χ2v) is 21.7. The minimum absolute atomic E-state index is 1.00. The van der Waals surface area contributed by atoms with E-state index in [1.165, 1.54) is 277 Å². The molecular weight excluding hydrogens is 833 g/mol. The van der Waals surface area contributed by atoms with Crippen LogP contribution >= 0.6 is 0 Å². The first-order valence-corrected chi connectivity index (χ1v) is 30.9. The smallest absolute Gasteiger partial charge is 0.211 e. The van der Waals surface area contributed by atoms with Crippen molar-refractivity contribution in [3.63, 3.8) is 0 Å². The van der Waals surface area contributed by atoms with Gasteiger partial charge in [-0.15, -0.1) is 0 Å². The first-order chi connectivity index (χ1) is 34.2. The molecular formula is C67H112N2. The van der Waals surface area contributed by atoms with Gasteiger partial charge in [-0.05, 0) is 93.5 Å².